The van der Waals surface area contributed by atoms with Gasteiger partial charge in [-0.25, -0.2) is 0 Å². The van der Waals surface area contributed by atoms with Crippen molar-refractivity contribution in [3.63, 3.8) is 0 Å². The van der Waals surface area contributed by atoms with Crippen molar-refractivity contribution in [3.8, 4) is 0 Å². The molecule has 0 aromatic carbocycles. The summed E-state index contributed by atoms with van der Waals surface area (Å²) in [5.41, 5.74) is -0.0700. The SMILES string of the molecule is O=CC12CCCCC1C1CCCC2O1. The zero-order valence-corrected chi connectivity index (χ0v) is 8.58. The number of ether oxygens (including phenoxy) is 1. The molecule has 0 amide bonds. The maximum Gasteiger partial charge on any atom is 0.129 e. The Morgan fingerprint density at radius 1 is 1.14 bits per heavy atom. The molecule has 2 nitrogen and oxygen atoms in total. The van der Waals surface area contributed by atoms with Gasteiger partial charge in [-0.2, -0.15) is 0 Å². The third-order valence-electron chi connectivity index (χ3n) is 4.63. The third-order valence-corrected chi connectivity index (χ3v) is 4.63. The van der Waals surface area contributed by atoms with Crippen molar-refractivity contribution in [2.75, 3.05) is 0 Å². The van der Waals surface area contributed by atoms with Crippen molar-refractivity contribution in [3.05, 3.63) is 0 Å². The largest absolute Gasteiger partial charge is 0.374 e. The first-order chi connectivity index (χ1) is 6.87. The number of rotatable bonds is 1. The average Bonchev–Trinajstić information content (AvgIpc) is 2.49. The minimum atomic E-state index is -0.0700. The van der Waals surface area contributed by atoms with Gasteiger partial charge in [0.15, 0.2) is 0 Å². The van der Waals surface area contributed by atoms with Gasteiger partial charge in [-0.3, -0.25) is 0 Å². The molecule has 0 aromatic rings. The van der Waals surface area contributed by atoms with E-state index in [4.69, 9.17) is 4.74 Å². The van der Waals surface area contributed by atoms with E-state index in [0.717, 1.165) is 12.8 Å². The first-order valence-electron chi connectivity index (χ1n) is 5.98. The van der Waals surface area contributed by atoms with Gasteiger partial charge in [-0.15, -0.1) is 0 Å². The monoisotopic (exact) mass is 194 g/mol. The van der Waals surface area contributed by atoms with Crippen molar-refractivity contribution in [2.24, 2.45) is 11.3 Å². The van der Waals surface area contributed by atoms with E-state index in [1.165, 1.54) is 38.4 Å². The molecule has 2 aliphatic heterocycles. The average molecular weight is 194 g/mol. The van der Waals surface area contributed by atoms with E-state index >= 15 is 0 Å². The predicted molar refractivity (Wildman–Crippen MR) is 53.0 cm³/mol. The molecule has 3 fully saturated rings. The van der Waals surface area contributed by atoms with Crippen LogP contribution in [-0.4, -0.2) is 18.5 Å². The highest BCUT2D eigenvalue weighted by molar-refractivity contribution is 5.62. The van der Waals surface area contributed by atoms with E-state index in [0.29, 0.717) is 12.0 Å². The normalized spacial score (nSPS) is 51.3. The molecule has 0 N–H and O–H groups in total. The van der Waals surface area contributed by atoms with Crippen LogP contribution in [0.4, 0.5) is 0 Å². The van der Waals surface area contributed by atoms with Crippen LogP contribution in [-0.2, 0) is 9.53 Å². The molecule has 4 unspecified atom stereocenters. The molecule has 2 saturated heterocycles. The van der Waals surface area contributed by atoms with E-state index in [1.807, 2.05) is 0 Å². The lowest BCUT2D eigenvalue weighted by Crippen LogP contribution is -2.40. The van der Waals surface area contributed by atoms with Gasteiger partial charge in [0.25, 0.3) is 0 Å². The molecule has 1 saturated carbocycles. The molecular formula is C12H18O2. The van der Waals surface area contributed by atoms with Crippen LogP contribution in [0.25, 0.3) is 0 Å². The predicted octanol–water partition coefficient (Wildman–Crippen LogP) is 2.31. The molecule has 2 bridgehead atoms. The van der Waals surface area contributed by atoms with Crippen LogP contribution in [0.2, 0.25) is 0 Å². The summed E-state index contributed by atoms with van der Waals surface area (Å²) >= 11 is 0. The lowest BCUT2D eigenvalue weighted by Gasteiger charge is -2.36. The highest BCUT2D eigenvalue weighted by Crippen LogP contribution is 2.55. The molecule has 14 heavy (non-hydrogen) atoms. The molecule has 2 heterocycles. The van der Waals surface area contributed by atoms with Crippen LogP contribution >= 0.6 is 0 Å². The summed E-state index contributed by atoms with van der Waals surface area (Å²) in [5.74, 6) is 0.557. The molecule has 1 aliphatic carbocycles. The fourth-order valence-electron chi connectivity index (χ4n) is 3.95. The Bertz CT molecular complexity index is 251. The Labute approximate surface area is 85.0 Å². The van der Waals surface area contributed by atoms with Crippen molar-refractivity contribution in [1.29, 1.82) is 0 Å². The second-order valence-corrected chi connectivity index (χ2v) is 5.18. The lowest BCUT2D eigenvalue weighted by atomic mass is 9.64. The summed E-state index contributed by atoms with van der Waals surface area (Å²) in [7, 11) is 0. The quantitative estimate of drug-likeness (QED) is 0.599. The fourth-order valence-corrected chi connectivity index (χ4v) is 3.95. The second kappa shape index (κ2) is 3.06. The van der Waals surface area contributed by atoms with Gasteiger partial charge < -0.3 is 9.53 Å². The minimum absolute atomic E-state index is 0.0700. The van der Waals surface area contributed by atoms with Crippen LogP contribution in [0.1, 0.15) is 44.9 Å². The van der Waals surface area contributed by atoms with Crippen LogP contribution in [0.5, 0.6) is 0 Å². The zero-order chi connectivity index (χ0) is 9.60. The van der Waals surface area contributed by atoms with Crippen molar-refractivity contribution in [1.82, 2.24) is 0 Å². The molecule has 3 aliphatic rings. The van der Waals surface area contributed by atoms with Crippen LogP contribution in [0.15, 0.2) is 0 Å². The molecule has 3 rings (SSSR count). The number of carbonyl (C=O) groups is 1. The Hall–Kier alpha value is -0.370. The maximum atomic E-state index is 11.4. The standard InChI is InChI=1S/C12H18O2/c13-8-12-7-2-1-4-9(12)10-5-3-6-11(12)14-10/h8-11H,1-7H2. The fraction of sp³-hybridized carbons (Fsp3) is 0.917. The van der Waals surface area contributed by atoms with E-state index in [2.05, 4.69) is 0 Å². The summed E-state index contributed by atoms with van der Waals surface area (Å²) in [6, 6.07) is 0. The van der Waals surface area contributed by atoms with Crippen LogP contribution in [0, 0.1) is 11.3 Å². The number of fused-ring (bicyclic) bond motifs is 5. The molecule has 2 heteroatoms. The van der Waals surface area contributed by atoms with Crippen LogP contribution < -0.4 is 0 Å². The first kappa shape index (κ1) is 8.90. The Balaban J connectivity index is 1.98. The second-order valence-electron chi connectivity index (χ2n) is 5.18. The van der Waals surface area contributed by atoms with Crippen LogP contribution in [0.3, 0.4) is 0 Å². The topological polar surface area (TPSA) is 26.3 Å². The third kappa shape index (κ3) is 0.979. The van der Waals surface area contributed by atoms with Gasteiger partial charge in [0.05, 0.1) is 17.6 Å². The Morgan fingerprint density at radius 3 is 2.93 bits per heavy atom. The maximum absolute atomic E-state index is 11.4. The molecule has 0 radical (unpaired) electrons. The number of hydrogen-bond acceptors (Lipinski definition) is 2. The smallest absolute Gasteiger partial charge is 0.129 e. The zero-order valence-electron chi connectivity index (χ0n) is 8.58. The summed E-state index contributed by atoms with van der Waals surface area (Å²) in [4.78, 5) is 11.4. The van der Waals surface area contributed by atoms with E-state index < -0.39 is 0 Å². The summed E-state index contributed by atoms with van der Waals surface area (Å²) in [5, 5.41) is 0. The van der Waals surface area contributed by atoms with Gasteiger partial charge in [-0.05, 0) is 38.0 Å². The highest BCUT2D eigenvalue weighted by Gasteiger charge is 2.57. The van der Waals surface area contributed by atoms with Crippen molar-refractivity contribution < 1.29 is 9.53 Å². The van der Waals surface area contributed by atoms with Crippen molar-refractivity contribution in [2.45, 2.75) is 57.2 Å². The lowest BCUT2D eigenvalue weighted by molar-refractivity contribution is -0.123. The molecule has 0 spiro atoms. The van der Waals surface area contributed by atoms with Gasteiger partial charge >= 0.3 is 0 Å². The number of aldehydes is 1. The van der Waals surface area contributed by atoms with E-state index in [-0.39, 0.29) is 11.5 Å². The van der Waals surface area contributed by atoms with E-state index in [9.17, 15) is 4.79 Å². The van der Waals surface area contributed by atoms with E-state index in [1.54, 1.807) is 0 Å². The van der Waals surface area contributed by atoms with Gasteiger partial charge in [0, 0.05) is 0 Å². The number of hydrogen-bond donors (Lipinski definition) is 0. The highest BCUT2D eigenvalue weighted by atomic mass is 16.5. The minimum Gasteiger partial charge on any atom is -0.374 e. The first-order valence-corrected chi connectivity index (χ1v) is 5.98. The summed E-state index contributed by atoms with van der Waals surface area (Å²) in [6.07, 6.45) is 10.3. The molecule has 4 atom stereocenters. The van der Waals surface area contributed by atoms with Gasteiger partial charge in [-0.1, -0.05) is 12.8 Å². The molecular weight excluding hydrogens is 176 g/mol. The summed E-state index contributed by atoms with van der Waals surface area (Å²) < 4.78 is 6.01. The number of carbonyl (C=O) groups excluding carboxylic acids is 1. The van der Waals surface area contributed by atoms with Crippen molar-refractivity contribution >= 4 is 6.29 Å². The molecule has 0 aromatic heterocycles. The van der Waals surface area contributed by atoms with Gasteiger partial charge in [0.1, 0.15) is 6.29 Å². The molecule has 78 valence electrons. The summed E-state index contributed by atoms with van der Waals surface area (Å²) in [6.45, 7) is 0. The Morgan fingerprint density at radius 2 is 2.07 bits per heavy atom. The Kier molecular flexibility index (Phi) is 1.94. The van der Waals surface area contributed by atoms with Gasteiger partial charge in [0.2, 0.25) is 0 Å².